The van der Waals surface area contributed by atoms with Crippen LogP contribution in [0.25, 0.3) is 0 Å². The van der Waals surface area contributed by atoms with E-state index in [0.29, 0.717) is 36.6 Å². The van der Waals surface area contributed by atoms with Crippen LogP contribution in [-0.2, 0) is 4.79 Å². The van der Waals surface area contributed by atoms with E-state index in [2.05, 4.69) is 5.32 Å². The number of para-hydroxylation sites is 1. The summed E-state index contributed by atoms with van der Waals surface area (Å²) < 4.78 is 11.2. The van der Waals surface area contributed by atoms with Crippen molar-refractivity contribution in [3.8, 4) is 11.7 Å². The zero-order valence-corrected chi connectivity index (χ0v) is 15.9. The molecule has 2 aromatic rings. The number of amides is 2. The normalized spacial score (nSPS) is 19.3. The first-order chi connectivity index (χ1) is 13.7. The van der Waals surface area contributed by atoms with Crippen molar-refractivity contribution in [3.63, 3.8) is 0 Å². The minimum atomic E-state index is -0.116. The average molecular weight is 382 g/mol. The number of nitrogens with zero attached hydrogens (tertiary/aromatic N) is 1. The molecule has 1 aromatic carbocycles. The van der Waals surface area contributed by atoms with Gasteiger partial charge < -0.3 is 19.4 Å². The maximum absolute atomic E-state index is 12.8. The Morgan fingerprint density at radius 2 is 1.93 bits per heavy atom. The fourth-order valence-corrected chi connectivity index (χ4v) is 3.60. The highest BCUT2D eigenvalue weighted by Crippen LogP contribution is 2.27. The number of rotatable bonds is 7. The number of hydrogen-bond donors (Lipinski definition) is 1. The zero-order chi connectivity index (χ0) is 19.3. The van der Waals surface area contributed by atoms with Crippen LogP contribution in [0.15, 0.2) is 46.9 Å². The van der Waals surface area contributed by atoms with Gasteiger partial charge in [0, 0.05) is 31.6 Å². The third-order valence-corrected chi connectivity index (χ3v) is 5.28. The van der Waals surface area contributed by atoms with E-state index in [4.69, 9.17) is 9.15 Å². The summed E-state index contributed by atoms with van der Waals surface area (Å²) in [6.07, 6.45) is 5.59. The van der Waals surface area contributed by atoms with Crippen molar-refractivity contribution in [1.29, 1.82) is 0 Å². The Morgan fingerprint density at radius 3 is 2.71 bits per heavy atom. The van der Waals surface area contributed by atoms with E-state index in [1.807, 2.05) is 35.2 Å². The summed E-state index contributed by atoms with van der Waals surface area (Å²) in [4.78, 5) is 26.5. The molecule has 1 aliphatic heterocycles. The van der Waals surface area contributed by atoms with Gasteiger partial charge in [0.05, 0.1) is 0 Å². The second kappa shape index (κ2) is 8.50. The molecule has 2 aliphatic rings. The van der Waals surface area contributed by atoms with Gasteiger partial charge in [-0.05, 0) is 56.2 Å². The molecule has 6 nitrogen and oxygen atoms in total. The summed E-state index contributed by atoms with van der Waals surface area (Å²) in [7, 11) is 0. The number of benzene rings is 1. The molecule has 1 saturated heterocycles. The van der Waals surface area contributed by atoms with Crippen LogP contribution in [0.5, 0.6) is 11.7 Å². The van der Waals surface area contributed by atoms with Crippen molar-refractivity contribution < 1.29 is 18.7 Å². The average Bonchev–Trinajstić information content (AvgIpc) is 3.41. The quantitative estimate of drug-likeness (QED) is 0.786. The SMILES string of the molecule is O=C(CC[C@H]1CCCN(C(=O)c2ccc(Oc3ccccc3)o2)C1)NC1CC1. The number of nitrogens with one attached hydrogen (secondary N) is 1. The van der Waals surface area contributed by atoms with E-state index >= 15 is 0 Å². The highest BCUT2D eigenvalue weighted by molar-refractivity contribution is 5.91. The molecular weight excluding hydrogens is 356 g/mol. The Bertz CT molecular complexity index is 813. The number of furan rings is 1. The van der Waals surface area contributed by atoms with Gasteiger partial charge in [-0.2, -0.15) is 0 Å². The van der Waals surface area contributed by atoms with Crippen LogP contribution in [0, 0.1) is 5.92 Å². The van der Waals surface area contributed by atoms with Crippen molar-refractivity contribution in [3.05, 3.63) is 48.2 Å². The van der Waals surface area contributed by atoms with Crippen LogP contribution in [0.3, 0.4) is 0 Å². The van der Waals surface area contributed by atoms with Crippen molar-refractivity contribution in [1.82, 2.24) is 10.2 Å². The molecule has 1 atom stereocenters. The van der Waals surface area contributed by atoms with Gasteiger partial charge in [-0.15, -0.1) is 0 Å². The molecule has 0 spiro atoms. The van der Waals surface area contributed by atoms with Gasteiger partial charge in [0.15, 0.2) is 5.76 Å². The Hall–Kier alpha value is -2.76. The number of piperidine rings is 1. The lowest BCUT2D eigenvalue weighted by Gasteiger charge is -2.32. The molecule has 1 saturated carbocycles. The van der Waals surface area contributed by atoms with Gasteiger partial charge in [-0.3, -0.25) is 9.59 Å². The van der Waals surface area contributed by atoms with Crippen LogP contribution >= 0.6 is 0 Å². The maximum Gasteiger partial charge on any atom is 0.290 e. The molecule has 4 rings (SSSR count). The Morgan fingerprint density at radius 1 is 1.11 bits per heavy atom. The molecule has 0 unspecified atom stereocenters. The Kier molecular flexibility index (Phi) is 5.65. The van der Waals surface area contributed by atoms with Gasteiger partial charge >= 0.3 is 0 Å². The van der Waals surface area contributed by atoms with Gasteiger partial charge in [0.1, 0.15) is 5.75 Å². The summed E-state index contributed by atoms with van der Waals surface area (Å²) in [5, 5.41) is 3.03. The monoisotopic (exact) mass is 382 g/mol. The van der Waals surface area contributed by atoms with Gasteiger partial charge in [-0.25, -0.2) is 0 Å². The summed E-state index contributed by atoms with van der Waals surface area (Å²) in [6, 6.07) is 13.1. The molecule has 1 aliphatic carbocycles. The zero-order valence-electron chi connectivity index (χ0n) is 15.9. The van der Waals surface area contributed by atoms with Crippen LogP contribution in [0.1, 0.15) is 49.1 Å². The molecule has 148 valence electrons. The van der Waals surface area contributed by atoms with Crippen molar-refractivity contribution in [2.24, 2.45) is 5.92 Å². The molecule has 1 N–H and O–H groups in total. The minimum Gasteiger partial charge on any atom is -0.426 e. The summed E-state index contributed by atoms with van der Waals surface area (Å²) in [6.45, 7) is 1.39. The van der Waals surface area contributed by atoms with Crippen LogP contribution in [0.4, 0.5) is 0 Å². The van der Waals surface area contributed by atoms with Gasteiger partial charge in [-0.1, -0.05) is 18.2 Å². The molecule has 2 amide bonds. The maximum atomic E-state index is 12.8. The topological polar surface area (TPSA) is 71.8 Å². The Labute approximate surface area is 164 Å². The first-order valence-corrected chi connectivity index (χ1v) is 10.1. The fraction of sp³-hybridized carbons (Fsp3) is 0.455. The third kappa shape index (κ3) is 4.94. The van der Waals surface area contributed by atoms with E-state index in [-0.39, 0.29) is 17.6 Å². The lowest BCUT2D eigenvalue weighted by molar-refractivity contribution is -0.121. The number of ether oxygens (including phenoxy) is 1. The highest BCUT2D eigenvalue weighted by Gasteiger charge is 2.28. The number of carbonyl (C=O) groups is 2. The molecular formula is C22H26N2O4. The number of likely N-dealkylation sites (tertiary alicyclic amines) is 1. The van der Waals surface area contributed by atoms with Crippen molar-refractivity contribution in [2.75, 3.05) is 13.1 Å². The first kappa shape index (κ1) is 18.6. The smallest absolute Gasteiger partial charge is 0.290 e. The van der Waals surface area contributed by atoms with E-state index < -0.39 is 0 Å². The van der Waals surface area contributed by atoms with E-state index in [1.54, 1.807) is 12.1 Å². The van der Waals surface area contributed by atoms with Crippen LogP contribution in [-0.4, -0.2) is 35.8 Å². The third-order valence-electron chi connectivity index (χ3n) is 5.28. The molecule has 2 heterocycles. The predicted molar refractivity (Wildman–Crippen MR) is 104 cm³/mol. The standard InChI is InChI=1S/C22H26N2O4/c25-20(23-17-9-10-17)12-8-16-5-4-14-24(15-16)22(26)19-11-13-21(28-19)27-18-6-2-1-3-7-18/h1-3,6-7,11,13,16-17H,4-5,8-10,12,14-15H2,(H,23,25)/t16-/m1/s1. The second-order valence-corrected chi connectivity index (χ2v) is 7.67. The fourth-order valence-electron chi connectivity index (χ4n) is 3.60. The van der Waals surface area contributed by atoms with Crippen LogP contribution in [0.2, 0.25) is 0 Å². The first-order valence-electron chi connectivity index (χ1n) is 10.1. The number of carbonyl (C=O) groups excluding carboxylic acids is 2. The largest absolute Gasteiger partial charge is 0.426 e. The lowest BCUT2D eigenvalue weighted by atomic mass is 9.93. The Balaban J connectivity index is 1.29. The van der Waals surface area contributed by atoms with E-state index in [9.17, 15) is 9.59 Å². The molecule has 6 heteroatoms. The predicted octanol–water partition coefficient (Wildman–Crippen LogP) is 3.98. The molecule has 28 heavy (non-hydrogen) atoms. The molecule has 0 bridgehead atoms. The van der Waals surface area contributed by atoms with Crippen LogP contribution < -0.4 is 10.1 Å². The molecule has 2 fully saturated rings. The minimum absolute atomic E-state index is 0.116. The lowest BCUT2D eigenvalue weighted by Crippen LogP contribution is -2.40. The van der Waals surface area contributed by atoms with Crippen molar-refractivity contribution >= 4 is 11.8 Å². The second-order valence-electron chi connectivity index (χ2n) is 7.67. The van der Waals surface area contributed by atoms with Gasteiger partial charge in [0.2, 0.25) is 5.91 Å². The summed E-state index contributed by atoms with van der Waals surface area (Å²) in [5.41, 5.74) is 0. The highest BCUT2D eigenvalue weighted by atomic mass is 16.6. The molecule has 0 radical (unpaired) electrons. The van der Waals surface area contributed by atoms with E-state index in [1.165, 1.54) is 0 Å². The molecule has 1 aromatic heterocycles. The van der Waals surface area contributed by atoms with Gasteiger partial charge in [0.25, 0.3) is 11.9 Å². The number of hydrogen-bond acceptors (Lipinski definition) is 4. The van der Waals surface area contributed by atoms with Crippen molar-refractivity contribution in [2.45, 2.75) is 44.6 Å². The summed E-state index contributed by atoms with van der Waals surface area (Å²) in [5.74, 6) is 1.64. The summed E-state index contributed by atoms with van der Waals surface area (Å²) >= 11 is 0. The van der Waals surface area contributed by atoms with E-state index in [0.717, 1.165) is 38.6 Å².